The van der Waals surface area contributed by atoms with Crippen LogP contribution < -0.4 is 0 Å². The van der Waals surface area contributed by atoms with E-state index in [4.69, 9.17) is 5.11 Å². The summed E-state index contributed by atoms with van der Waals surface area (Å²) < 4.78 is 4.67. The van der Waals surface area contributed by atoms with E-state index in [0.717, 1.165) is 12.8 Å². The Balaban J connectivity index is 0. The molecule has 0 aliphatic rings. The third-order valence-corrected chi connectivity index (χ3v) is 1.68. The van der Waals surface area contributed by atoms with Gasteiger partial charge in [-0.25, -0.2) is 9.59 Å². The van der Waals surface area contributed by atoms with Crippen LogP contribution in [-0.2, 0) is 14.3 Å². The fraction of sp³-hybridized carbons (Fsp3) is 0.500. The number of hydrogen-bond donors (Lipinski definition) is 1. The molecular formula is C12H20O4. The lowest BCUT2D eigenvalue weighted by Crippen LogP contribution is -2.00. The molecule has 0 aliphatic carbocycles. The standard InChI is InChI=1S/C7H12O2.C5H8O2/c1-3-5-6-9-7(8)4-2;1-3-4(2)5(6)7/h4H,2-3,5-6H2,1H3;3H,1-2H3,(H,6,7). The average molecular weight is 228 g/mol. The summed E-state index contributed by atoms with van der Waals surface area (Å²) in [5.41, 5.74) is 0.389. The van der Waals surface area contributed by atoms with Crippen LogP contribution >= 0.6 is 0 Å². The maximum atomic E-state index is 10.3. The first-order chi connectivity index (χ1) is 7.49. The van der Waals surface area contributed by atoms with E-state index in [9.17, 15) is 9.59 Å². The number of aliphatic carboxylic acids is 1. The molecule has 0 spiro atoms. The van der Waals surface area contributed by atoms with Gasteiger partial charge >= 0.3 is 11.9 Å². The molecule has 0 heterocycles. The smallest absolute Gasteiger partial charge is 0.330 e. The molecular weight excluding hydrogens is 208 g/mol. The van der Waals surface area contributed by atoms with Crippen LogP contribution in [0.3, 0.4) is 0 Å². The number of carbonyl (C=O) groups excluding carboxylic acids is 1. The molecule has 4 nitrogen and oxygen atoms in total. The minimum Gasteiger partial charge on any atom is -0.478 e. The highest BCUT2D eigenvalue weighted by Crippen LogP contribution is 1.88. The Morgan fingerprint density at radius 1 is 1.44 bits per heavy atom. The first kappa shape index (κ1) is 16.8. The summed E-state index contributed by atoms with van der Waals surface area (Å²) in [7, 11) is 0. The number of rotatable bonds is 5. The van der Waals surface area contributed by atoms with Crippen molar-refractivity contribution in [2.75, 3.05) is 6.61 Å². The maximum Gasteiger partial charge on any atom is 0.330 e. The molecule has 0 atom stereocenters. The zero-order chi connectivity index (χ0) is 13.0. The Bertz CT molecular complexity index is 254. The van der Waals surface area contributed by atoms with Gasteiger partial charge in [-0.3, -0.25) is 0 Å². The van der Waals surface area contributed by atoms with E-state index in [1.165, 1.54) is 6.08 Å². The van der Waals surface area contributed by atoms with Crippen molar-refractivity contribution in [1.82, 2.24) is 0 Å². The molecule has 0 aliphatic heterocycles. The first-order valence-electron chi connectivity index (χ1n) is 5.14. The molecule has 0 radical (unpaired) electrons. The van der Waals surface area contributed by atoms with E-state index in [2.05, 4.69) is 11.3 Å². The van der Waals surface area contributed by atoms with Crippen LogP contribution in [0.15, 0.2) is 24.3 Å². The predicted octanol–water partition coefficient (Wildman–Crippen LogP) is 2.55. The van der Waals surface area contributed by atoms with Crippen molar-refractivity contribution in [3.8, 4) is 0 Å². The van der Waals surface area contributed by atoms with Crippen molar-refractivity contribution in [1.29, 1.82) is 0 Å². The van der Waals surface area contributed by atoms with Gasteiger partial charge in [0, 0.05) is 11.6 Å². The number of carbonyl (C=O) groups is 2. The Labute approximate surface area is 96.6 Å². The summed E-state index contributed by atoms with van der Waals surface area (Å²) in [6.45, 7) is 9.08. The number of carboxylic acids is 1. The molecule has 92 valence electrons. The second-order valence-corrected chi connectivity index (χ2v) is 3.00. The van der Waals surface area contributed by atoms with Crippen molar-refractivity contribution in [3.05, 3.63) is 24.3 Å². The molecule has 1 N–H and O–H groups in total. The Morgan fingerprint density at radius 2 is 2.00 bits per heavy atom. The van der Waals surface area contributed by atoms with Crippen LogP contribution in [0, 0.1) is 0 Å². The third-order valence-electron chi connectivity index (χ3n) is 1.68. The Hall–Kier alpha value is -1.58. The zero-order valence-electron chi connectivity index (χ0n) is 10.2. The van der Waals surface area contributed by atoms with Gasteiger partial charge in [0.05, 0.1) is 6.61 Å². The van der Waals surface area contributed by atoms with Crippen LogP contribution in [-0.4, -0.2) is 23.7 Å². The molecule has 0 saturated carbocycles. The zero-order valence-corrected chi connectivity index (χ0v) is 10.2. The molecule has 0 aromatic rings. The number of ether oxygens (including phenoxy) is 1. The highest BCUT2D eigenvalue weighted by Gasteiger charge is 1.93. The average Bonchev–Trinajstić information content (AvgIpc) is 2.28. The number of unbranched alkanes of at least 4 members (excludes halogenated alkanes) is 1. The fourth-order valence-corrected chi connectivity index (χ4v) is 0.499. The molecule has 0 bridgehead atoms. The minimum absolute atomic E-state index is 0.330. The summed E-state index contributed by atoms with van der Waals surface area (Å²) in [6.07, 6.45) is 4.71. The van der Waals surface area contributed by atoms with Gasteiger partial charge in [-0.15, -0.1) is 0 Å². The summed E-state index contributed by atoms with van der Waals surface area (Å²) in [5.74, 6) is -1.18. The van der Waals surface area contributed by atoms with Gasteiger partial charge in [0.15, 0.2) is 0 Å². The van der Waals surface area contributed by atoms with Crippen molar-refractivity contribution in [3.63, 3.8) is 0 Å². The fourth-order valence-electron chi connectivity index (χ4n) is 0.499. The van der Waals surface area contributed by atoms with E-state index in [-0.39, 0.29) is 5.97 Å². The molecule has 0 fully saturated rings. The van der Waals surface area contributed by atoms with E-state index >= 15 is 0 Å². The minimum atomic E-state index is -0.845. The number of allylic oxidation sites excluding steroid dienone is 1. The maximum absolute atomic E-state index is 10.3. The molecule has 0 aromatic carbocycles. The SMILES string of the molecule is C=CC(=O)OCCCC.CC=C(C)C(=O)O. The summed E-state index contributed by atoms with van der Waals surface area (Å²) in [6, 6.07) is 0. The van der Waals surface area contributed by atoms with Gasteiger partial charge < -0.3 is 9.84 Å². The van der Waals surface area contributed by atoms with Crippen LogP contribution in [0.5, 0.6) is 0 Å². The molecule has 0 saturated heterocycles. The lowest BCUT2D eigenvalue weighted by Gasteiger charge is -1.97. The number of esters is 1. The second kappa shape index (κ2) is 11.5. The van der Waals surface area contributed by atoms with E-state index in [0.29, 0.717) is 12.2 Å². The predicted molar refractivity (Wildman–Crippen MR) is 63.1 cm³/mol. The largest absolute Gasteiger partial charge is 0.478 e. The monoisotopic (exact) mass is 228 g/mol. The highest BCUT2D eigenvalue weighted by molar-refractivity contribution is 5.85. The normalized spacial score (nSPS) is 9.81. The highest BCUT2D eigenvalue weighted by atomic mass is 16.5. The van der Waals surface area contributed by atoms with Crippen LogP contribution in [0.25, 0.3) is 0 Å². The van der Waals surface area contributed by atoms with Gasteiger partial charge in [-0.2, -0.15) is 0 Å². The van der Waals surface area contributed by atoms with E-state index in [1.807, 2.05) is 6.92 Å². The molecule has 0 rings (SSSR count). The molecule has 4 heteroatoms. The van der Waals surface area contributed by atoms with Gasteiger partial charge in [0.1, 0.15) is 0 Å². The number of hydrogen-bond acceptors (Lipinski definition) is 3. The van der Waals surface area contributed by atoms with Crippen LogP contribution in [0.2, 0.25) is 0 Å². The number of carboxylic acid groups (broad SMARTS) is 1. The topological polar surface area (TPSA) is 63.6 Å². The van der Waals surface area contributed by atoms with Crippen molar-refractivity contribution in [2.45, 2.75) is 33.6 Å². The summed E-state index contributed by atoms with van der Waals surface area (Å²) in [4.78, 5) is 20.2. The van der Waals surface area contributed by atoms with Crippen LogP contribution in [0.1, 0.15) is 33.6 Å². The van der Waals surface area contributed by atoms with Crippen molar-refractivity contribution < 1.29 is 19.4 Å². The van der Waals surface area contributed by atoms with Gasteiger partial charge in [0.25, 0.3) is 0 Å². The Morgan fingerprint density at radius 3 is 2.25 bits per heavy atom. The molecule has 0 amide bonds. The second-order valence-electron chi connectivity index (χ2n) is 3.00. The van der Waals surface area contributed by atoms with E-state index < -0.39 is 5.97 Å². The third kappa shape index (κ3) is 12.4. The van der Waals surface area contributed by atoms with Crippen LogP contribution in [0.4, 0.5) is 0 Å². The first-order valence-corrected chi connectivity index (χ1v) is 5.14. The molecule has 0 unspecified atom stereocenters. The Kier molecular flexibility index (Phi) is 12.1. The molecule has 16 heavy (non-hydrogen) atoms. The van der Waals surface area contributed by atoms with Gasteiger partial charge in [-0.1, -0.05) is 26.0 Å². The van der Waals surface area contributed by atoms with Crippen molar-refractivity contribution in [2.24, 2.45) is 0 Å². The summed E-state index contributed by atoms with van der Waals surface area (Å²) >= 11 is 0. The van der Waals surface area contributed by atoms with Gasteiger partial charge in [-0.05, 0) is 20.3 Å². The van der Waals surface area contributed by atoms with Crippen molar-refractivity contribution >= 4 is 11.9 Å². The quantitative estimate of drug-likeness (QED) is 0.446. The lowest BCUT2D eigenvalue weighted by molar-refractivity contribution is -0.138. The molecule has 0 aromatic heterocycles. The lowest BCUT2D eigenvalue weighted by atomic mass is 10.3. The van der Waals surface area contributed by atoms with E-state index in [1.54, 1.807) is 19.9 Å². The summed E-state index contributed by atoms with van der Waals surface area (Å²) in [5, 5.41) is 8.11. The van der Waals surface area contributed by atoms with Gasteiger partial charge in [0.2, 0.25) is 0 Å².